The predicted molar refractivity (Wildman–Crippen MR) is 115 cm³/mol. The topological polar surface area (TPSA) is 71.5 Å². The van der Waals surface area contributed by atoms with E-state index in [-0.39, 0.29) is 23.5 Å². The summed E-state index contributed by atoms with van der Waals surface area (Å²) in [4.78, 5) is 31.5. The van der Waals surface area contributed by atoms with Crippen LogP contribution >= 0.6 is 0 Å². The lowest BCUT2D eigenvalue weighted by atomic mass is 10.0. The SMILES string of the molecule is COc1ccc(C2=C(Nc3cccc(C(F)(F)F)c3)C(=O)N(Cc3cccnc3)C2=O)cc1. The number of alkyl halides is 3. The molecular weight excluding hydrogens is 435 g/mol. The maximum atomic E-state index is 13.3. The van der Waals surface area contributed by atoms with E-state index in [1.165, 1.54) is 25.4 Å². The minimum Gasteiger partial charge on any atom is -0.497 e. The molecule has 0 aliphatic carbocycles. The highest BCUT2D eigenvalue weighted by molar-refractivity contribution is 6.36. The molecule has 1 aromatic heterocycles. The standard InChI is InChI=1S/C24H18F3N3O3/c1-33-19-9-7-16(8-10-19)20-21(29-18-6-2-5-17(12-18)24(25,26)27)23(32)30(22(20)31)14-15-4-3-11-28-13-15/h2-13,29H,14H2,1H3. The minimum absolute atomic E-state index is 0.0288. The molecule has 6 nitrogen and oxygen atoms in total. The highest BCUT2D eigenvalue weighted by Gasteiger charge is 2.39. The number of anilines is 1. The Morgan fingerprint density at radius 3 is 2.39 bits per heavy atom. The Hall–Kier alpha value is -4.14. The van der Waals surface area contributed by atoms with E-state index in [1.807, 2.05) is 0 Å². The highest BCUT2D eigenvalue weighted by atomic mass is 19.4. The van der Waals surface area contributed by atoms with Crippen LogP contribution in [-0.4, -0.2) is 28.8 Å². The summed E-state index contributed by atoms with van der Waals surface area (Å²) in [5.74, 6) is -0.661. The van der Waals surface area contributed by atoms with Gasteiger partial charge in [0.1, 0.15) is 11.4 Å². The number of benzene rings is 2. The number of rotatable bonds is 6. The fraction of sp³-hybridized carbons (Fsp3) is 0.125. The summed E-state index contributed by atoms with van der Waals surface area (Å²) in [5, 5.41) is 2.75. The first-order chi connectivity index (χ1) is 15.8. The van der Waals surface area contributed by atoms with Crippen LogP contribution in [0, 0.1) is 0 Å². The van der Waals surface area contributed by atoms with Crippen molar-refractivity contribution in [2.75, 3.05) is 12.4 Å². The van der Waals surface area contributed by atoms with Gasteiger partial charge in [-0.2, -0.15) is 13.2 Å². The number of methoxy groups -OCH3 is 1. The predicted octanol–water partition coefficient (Wildman–Crippen LogP) is 4.50. The number of nitrogens with one attached hydrogen (secondary N) is 1. The van der Waals surface area contributed by atoms with Crippen LogP contribution in [0.25, 0.3) is 5.57 Å². The number of ether oxygens (including phenoxy) is 1. The molecule has 1 N–H and O–H groups in total. The summed E-state index contributed by atoms with van der Waals surface area (Å²) >= 11 is 0. The molecule has 0 spiro atoms. The zero-order valence-electron chi connectivity index (χ0n) is 17.4. The van der Waals surface area contributed by atoms with E-state index < -0.39 is 23.6 Å². The van der Waals surface area contributed by atoms with E-state index in [2.05, 4.69) is 10.3 Å². The van der Waals surface area contributed by atoms with Crippen molar-refractivity contribution >= 4 is 23.1 Å². The van der Waals surface area contributed by atoms with Crippen LogP contribution in [0.4, 0.5) is 18.9 Å². The maximum absolute atomic E-state index is 13.3. The zero-order valence-corrected chi connectivity index (χ0v) is 17.4. The van der Waals surface area contributed by atoms with Gasteiger partial charge in [-0.1, -0.05) is 24.3 Å². The third-order valence-corrected chi connectivity index (χ3v) is 5.07. The van der Waals surface area contributed by atoms with Crippen LogP contribution in [0.2, 0.25) is 0 Å². The molecular formula is C24H18F3N3O3. The van der Waals surface area contributed by atoms with Gasteiger partial charge < -0.3 is 10.1 Å². The van der Waals surface area contributed by atoms with Crippen LogP contribution in [0.1, 0.15) is 16.7 Å². The minimum atomic E-state index is -4.55. The Morgan fingerprint density at radius 1 is 1.00 bits per heavy atom. The van der Waals surface area contributed by atoms with Crippen molar-refractivity contribution in [3.63, 3.8) is 0 Å². The molecule has 2 heterocycles. The number of nitrogens with zero attached hydrogens (tertiary/aromatic N) is 2. The van der Waals surface area contributed by atoms with E-state index in [0.29, 0.717) is 16.9 Å². The van der Waals surface area contributed by atoms with Gasteiger partial charge in [-0.15, -0.1) is 0 Å². The lowest BCUT2D eigenvalue weighted by Crippen LogP contribution is -2.32. The fourth-order valence-electron chi connectivity index (χ4n) is 3.45. The number of hydrogen-bond donors (Lipinski definition) is 1. The summed E-state index contributed by atoms with van der Waals surface area (Å²) in [6.07, 6.45) is -1.45. The van der Waals surface area contributed by atoms with E-state index in [4.69, 9.17) is 4.74 Å². The molecule has 2 amide bonds. The fourth-order valence-corrected chi connectivity index (χ4v) is 3.45. The zero-order chi connectivity index (χ0) is 23.6. The van der Waals surface area contributed by atoms with Gasteiger partial charge in [0.05, 0.1) is 24.8 Å². The van der Waals surface area contributed by atoms with E-state index in [1.54, 1.807) is 42.6 Å². The number of pyridine rings is 1. The van der Waals surface area contributed by atoms with Crippen molar-refractivity contribution < 1.29 is 27.5 Å². The van der Waals surface area contributed by atoms with E-state index >= 15 is 0 Å². The molecule has 0 saturated carbocycles. The second kappa shape index (κ2) is 8.78. The first kappa shape index (κ1) is 22.1. The lowest BCUT2D eigenvalue weighted by molar-refractivity contribution is -0.138. The number of hydrogen-bond acceptors (Lipinski definition) is 5. The van der Waals surface area contributed by atoms with Crippen molar-refractivity contribution in [3.05, 3.63) is 95.4 Å². The molecule has 0 fully saturated rings. The molecule has 4 rings (SSSR count). The summed E-state index contributed by atoms with van der Waals surface area (Å²) < 4.78 is 44.6. The third-order valence-electron chi connectivity index (χ3n) is 5.07. The molecule has 33 heavy (non-hydrogen) atoms. The van der Waals surface area contributed by atoms with Crippen molar-refractivity contribution in [1.82, 2.24) is 9.88 Å². The van der Waals surface area contributed by atoms with Gasteiger partial charge >= 0.3 is 6.18 Å². The quantitative estimate of drug-likeness (QED) is 0.557. The summed E-state index contributed by atoms with van der Waals surface area (Å²) in [6, 6.07) is 14.3. The van der Waals surface area contributed by atoms with Crippen LogP contribution in [0.5, 0.6) is 5.75 Å². The monoisotopic (exact) mass is 453 g/mol. The Balaban J connectivity index is 1.75. The summed E-state index contributed by atoms with van der Waals surface area (Å²) in [5.41, 5.74) is 0.182. The Labute approximate surface area is 187 Å². The van der Waals surface area contributed by atoms with E-state index in [9.17, 15) is 22.8 Å². The summed E-state index contributed by atoms with van der Waals surface area (Å²) in [7, 11) is 1.49. The van der Waals surface area contributed by atoms with Gasteiger partial charge in [-0.25, -0.2) is 0 Å². The van der Waals surface area contributed by atoms with Crippen LogP contribution in [0.3, 0.4) is 0 Å². The van der Waals surface area contributed by atoms with Gasteiger partial charge in [0, 0.05) is 18.1 Å². The molecule has 168 valence electrons. The van der Waals surface area contributed by atoms with Gasteiger partial charge in [0.25, 0.3) is 11.8 Å². The highest BCUT2D eigenvalue weighted by Crippen LogP contribution is 2.34. The number of halogens is 3. The van der Waals surface area contributed by atoms with Crippen LogP contribution < -0.4 is 10.1 Å². The molecule has 1 aliphatic heterocycles. The first-order valence-corrected chi connectivity index (χ1v) is 9.86. The second-order valence-electron chi connectivity index (χ2n) is 7.24. The van der Waals surface area contributed by atoms with Crippen LogP contribution in [0.15, 0.2) is 78.8 Å². The lowest BCUT2D eigenvalue weighted by Gasteiger charge is -2.15. The van der Waals surface area contributed by atoms with Crippen molar-refractivity contribution in [3.8, 4) is 5.75 Å². The normalized spacial score (nSPS) is 14.1. The number of carbonyl (C=O) groups is 2. The molecule has 0 saturated heterocycles. The van der Waals surface area contributed by atoms with Gasteiger partial charge in [0.15, 0.2) is 0 Å². The average Bonchev–Trinajstić information content (AvgIpc) is 3.03. The molecule has 9 heteroatoms. The molecule has 3 aromatic rings. The molecule has 0 unspecified atom stereocenters. The van der Waals surface area contributed by atoms with Crippen LogP contribution in [-0.2, 0) is 22.3 Å². The van der Waals surface area contributed by atoms with E-state index in [0.717, 1.165) is 17.0 Å². The molecule has 2 aromatic carbocycles. The Kier molecular flexibility index (Phi) is 5.87. The van der Waals surface area contributed by atoms with Gasteiger partial charge in [-0.05, 0) is 47.5 Å². The largest absolute Gasteiger partial charge is 0.497 e. The van der Waals surface area contributed by atoms with Crippen molar-refractivity contribution in [2.45, 2.75) is 12.7 Å². The Bertz CT molecular complexity index is 1220. The summed E-state index contributed by atoms with van der Waals surface area (Å²) in [6.45, 7) is -0.0288. The number of amides is 2. The van der Waals surface area contributed by atoms with Crippen molar-refractivity contribution in [1.29, 1.82) is 0 Å². The second-order valence-corrected chi connectivity index (χ2v) is 7.24. The molecule has 0 radical (unpaired) electrons. The average molecular weight is 453 g/mol. The maximum Gasteiger partial charge on any atom is 0.416 e. The first-order valence-electron chi connectivity index (χ1n) is 9.86. The molecule has 0 atom stereocenters. The molecule has 0 bridgehead atoms. The van der Waals surface area contributed by atoms with Crippen molar-refractivity contribution in [2.24, 2.45) is 0 Å². The number of carbonyl (C=O) groups excluding carboxylic acids is 2. The van der Waals surface area contributed by atoms with Gasteiger partial charge in [-0.3, -0.25) is 19.5 Å². The third kappa shape index (κ3) is 4.57. The Morgan fingerprint density at radius 2 is 1.76 bits per heavy atom. The number of aromatic nitrogens is 1. The molecule has 1 aliphatic rings. The van der Waals surface area contributed by atoms with Gasteiger partial charge in [0.2, 0.25) is 0 Å². The smallest absolute Gasteiger partial charge is 0.416 e. The number of imide groups is 1.